The molecule has 2 heteroatoms. The van der Waals surface area contributed by atoms with Crippen molar-refractivity contribution in [3.05, 3.63) is 76.4 Å². The first-order chi connectivity index (χ1) is 11.8. The second-order valence-electron chi connectivity index (χ2n) is 7.46. The number of rotatable bonds is 5. The molecule has 0 fully saturated rings. The van der Waals surface area contributed by atoms with Crippen LogP contribution in [0.25, 0.3) is 6.08 Å². The standard InChI is InChI=1S/C23H28O2/c1-17(10-15-21-18(2)8-6-16-23(21,3)4)7-5-9-19-11-13-20(14-12-19)22(24)25/h5,7,9-15H,6,8,16H2,1-4H3,(H,24,25)/b9-5+,15-10?,17-7?. The van der Waals surface area contributed by atoms with Crippen LogP contribution in [0.5, 0.6) is 0 Å². The summed E-state index contributed by atoms with van der Waals surface area (Å²) in [5.41, 5.74) is 5.74. The summed E-state index contributed by atoms with van der Waals surface area (Å²) >= 11 is 0. The molecule has 0 saturated carbocycles. The molecular formula is C23H28O2. The molecule has 132 valence electrons. The van der Waals surface area contributed by atoms with E-state index in [4.69, 9.17) is 5.11 Å². The minimum absolute atomic E-state index is 0.265. The van der Waals surface area contributed by atoms with Gasteiger partial charge >= 0.3 is 5.97 Å². The zero-order valence-corrected chi connectivity index (χ0v) is 15.7. The zero-order chi connectivity index (χ0) is 18.4. The third-order valence-electron chi connectivity index (χ3n) is 4.86. The van der Waals surface area contributed by atoms with Crippen molar-refractivity contribution in [2.75, 3.05) is 0 Å². The highest BCUT2D eigenvalue weighted by Crippen LogP contribution is 2.40. The summed E-state index contributed by atoms with van der Waals surface area (Å²) < 4.78 is 0. The second kappa shape index (κ2) is 8.15. The van der Waals surface area contributed by atoms with Gasteiger partial charge in [-0.3, -0.25) is 0 Å². The molecule has 0 unspecified atom stereocenters. The molecule has 25 heavy (non-hydrogen) atoms. The molecule has 2 nitrogen and oxygen atoms in total. The van der Waals surface area contributed by atoms with Crippen molar-refractivity contribution >= 4 is 12.0 Å². The number of aromatic carboxylic acids is 1. The molecule has 2 rings (SSSR count). The number of carboxylic acids is 1. The van der Waals surface area contributed by atoms with Crippen molar-refractivity contribution in [1.29, 1.82) is 0 Å². The highest BCUT2D eigenvalue weighted by atomic mass is 16.4. The van der Waals surface area contributed by atoms with Crippen LogP contribution in [-0.4, -0.2) is 11.1 Å². The molecule has 0 radical (unpaired) electrons. The van der Waals surface area contributed by atoms with Gasteiger partial charge in [0.1, 0.15) is 0 Å². The Bertz CT molecular complexity index is 741. The van der Waals surface area contributed by atoms with Gasteiger partial charge in [0.05, 0.1) is 5.56 Å². The van der Waals surface area contributed by atoms with Gasteiger partial charge in [0, 0.05) is 0 Å². The predicted octanol–water partition coefficient (Wildman–Crippen LogP) is 6.43. The maximum absolute atomic E-state index is 10.8. The van der Waals surface area contributed by atoms with Gasteiger partial charge < -0.3 is 5.11 Å². The number of hydrogen-bond donors (Lipinski definition) is 1. The van der Waals surface area contributed by atoms with Crippen LogP contribution in [0.2, 0.25) is 0 Å². The van der Waals surface area contributed by atoms with Crippen molar-refractivity contribution < 1.29 is 9.90 Å². The van der Waals surface area contributed by atoms with E-state index < -0.39 is 5.97 Å². The fourth-order valence-corrected chi connectivity index (χ4v) is 3.33. The van der Waals surface area contributed by atoms with E-state index in [-0.39, 0.29) is 5.41 Å². The summed E-state index contributed by atoms with van der Waals surface area (Å²) in [4.78, 5) is 10.8. The Balaban J connectivity index is 2.05. The average molecular weight is 336 g/mol. The Morgan fingerprint density at radius 2 is 1.84 bits per heavy atom. The van der Waals surface area contributed by atoms with E-state index in [1.165, 1.54) is 36.0 Å². The van der Waals surface area contributed by atoms with Crippen LogP contribution in [0.3, 0.4) is 0 Å². The van der Waals surface area contributed by atoms with Crippen molar-refractivity contribution in [3.63, 3.8) is 0 Å². The van der Waals surface area contributed by atoms with E-state index in [0.717, 1.165) is 5.56 Å². The number of carbonyl (C=O) groups is 1. The van der Waals surface area contributed by atoms with Gasteiger partial charge in [-0.1, -0.05) is 67.5 Å². The first-order valence-electron chi connectivity index (χ1n) is 8.86. The highest BCUT2D eigenvalue weighted by Gasteiger charge is 2.26. The van der Waals surface area contributed by atoms with Crippen LogP contribution >= 0.6 is 0 Å². The molecule has 0 heterocycles. The van der Waals surface area contributed by atoms with Crippen molar-refractivity contribution in [2.45, 2.75) is 47.0 Å². The van der Waals surface area contributed by atoms with E-state index in [1.54, 1.807) is 12.1 Å². The van der Waals surface area contributed by atoms with Crippen molar-refractivity contribution in [1.82, 2.24) is 0 Å². The Morgan fingerprint density at radius 3 is 2.44 bits per heavy atom. The maximum atomic E-state index is 10.8. The van der Waals surface area contributed by atoms with Crippen LogP contribution in [0.1, 0.15) is 62.9 Å². The van der Waals surface area contributed by atoms with E-state index >= 15 is 0 Å². The zero-order valence-electron chi connectivity index (χ0n) is 15.7. The largest absolute Gasteiger partial charge is 0.478 e. The van der Waals surface area contributed by atoms with E-state index in [9.17, 15) is 4.79 Å². The fraction of sp³-hybridized carbons (Fsp3) is 0.348. The normalized spacial score (nSPS) is 18.3. The lowest BCUT2D eigenvalue weighted by molar-refractivity contribution is 0.0697. The smallest absolute Gasteiger partial charge is 0.335 e. The first kappa shape index (κ1) is 19.0. The first-order valence-corrected chi connectivity index (χ1v) is 8.86. The Kier molecular flexibility index (Phi) is 6.19. The van der Waals surface area contributed by atoms with Crippen LogP contribution < -0.4 is 0 Å². The third kappa shape index (κ3) is 5.32. The molecule has 0 saturated heterocycles. The van der Waals surface area contributed by atoms with Crippen molar-refractivity contribution in [2.24, 2.45) is 5.41 Å². The van der Waals surface area contributed by atoms with Gasteiger partial charge in [-0.15, -0.1) is 0 Å². The van der Waals surface area contributed by atoms with Gasteiger partial charge in [0.25, 0.3) is 0 Å². The number of carboxylic acid groups (broad SMARTS) is 1. The molecule has 1 aromatic rings. The summed E-state index contributed by atoms with van der Waals surface area (Å²) in [5.74, 6) is -0.897. The van der Waals surface area contributed by atoms with Gasteiger partial charge in [-0.25, -0.2) is 4.79 Å². The third-order valence-corrected chi connectivity index (χ3v) is 4.86. The summed E-state index contributed by atoms with van der Waals surface area (Å²) in [6.45, 7) is 9.00. The maximum Gasteiger partial charge on any atom is 0.335 e. The molecule has 0 bridgehead atoms. The molecule has 0 amide bonds. The van der Waals surface area contributed by atoms with Gasteiger partial charge in [0.15, 0.2) is 0 Å². The Morgan fingerprint density at radius 1 is 1.16 bits per heavy atom. The number of benzene rings is 1. The molecule has 0 spiro atoms. The molecule has 1 N–H and O–H groups in total. The minimum Gasteiger partial charge on any atom is -0.478 e. The molecule has 1 aromatic carbocycles. The Labute approximate surface area is 151 Å². The average Bonchev–Trinajstić information content (AvgIpc) is 2.54. The lowest BCUT2D eigenvalue weighted by Gasteiger charge is -2.32. The summed E-state index contributed by atoms with van der Waals surface area (Å²) in [5, 5.41) is 8.91. The topological polar surface area (TPSA) is 37.3 Å². The van der Waals surface area contributed by atoms with Crippen LogP contribution in [0.15, 0.2) is 65.3 Å². The fourth-order valence-electron chi connectivity index (χ4n) is 3.33. The highest BCUT2D eigenvalue weighted by molar-refractivity contribution is 5.87. The molecule has 0 atom stereocenters. The molecule has 1 aliphatic rings. The SMILES string of the molecule is CC(C=CC1=C(C)CCCC1(C)C)=C/C=C/c1ccc(C(=O)O)cc1. The summed E-state index contributed by atoms with van der Waals surface area (Å²) in [6, 6.07) is 6.88. The predicted molar refractivity (Wildman–Crippen MR) is 106 cm³/mol. The number of allylic oxidation sites excluding steroid dienone is 7. The van der Waals surface area contributed by atoms with Crippen molar-refractivity contribution in [3.8, 4) is 0 Å². The minimum atomic E-state index is -0.897. The van der Waals surface area contributed by atoms with Gasteiger partial charge in [-0.05, 0) is 61.8 Å². The molecular weight excluding hydrogens is 308 g/mol. The monoisotopic (exact) mass is 336 g/mol. The summed E-state index contributed by atoms with van der Waals surface area (Å²) in [6.07, 6.45) is 14.3. The van der Waals surface area contributed by atoms with Crippen LogP contribution in [-0.2, 0) is 0 Å². The van der Waals surface area contributed by atoms with E-state index in [0.29, 0.717) is 5.56 Å². The quantitative estimate of drug-likeness (QED) is 0.629. The molecule has 1 aliphatic carbocycles. The Hall–Kier alpha value is -2.35. The number of hydrogen-bond acceptors (Lipinski definition) is 1. The lowest BCUT2D eigenvalue weighted by Crippen LogP contribution is -2.19. The second-order valence-corrected chi connectivity index (χ2v) is 7.46. The van der Waals surface area contributed by atoms with Crippen LogP contribution in [0, 0.1) is 5.41 Å². The van der Waals surface area contributed by atoms with E-state index in [2.05, 4.69) is 45.9 Å². The van der Waals surface area contributed by atoms with Gasteiger partial charge in [-0.2, -0.15) is 0 Å². The molecule has 0 aromatic heterocycles. The molecule has 0 aliphatic heterocycles. The van der Waals surface area contributed by atoms with E-state index in [1.807, 2.05) is 24.3 Å². The lowest BCUT2D eigenvalue weighted by atomic mass is 9.72. The summed E-state index contributed by atoms with van der Waals surface area (Å²) in [7, 11) is 0. The van der Waals surface area contributed by atoms with Gasteiger partial charge in [0.2, 0.25) is 0 Å². The van der Waals surface area contributed by atoms with Crippen LogP contribution in [0.4, 0.5) is 0 Å².